The average Bonchev–Trinajstić information content (AvgIpc) is 2.42. The summed E-state index contributed by atoms with van der Waals surface area (Å²) in [7, 11) is 0. The summed E-state index contributed by atoms with van der Waals surface area (Å²) in [6.07, 6.45) is 11.8. The number of rotatable bonds is 3. The minimum atomic E-state index is -0.0245. The van der Waals surface area contributed by atoms with Crippen LogP contribution in [-0.4, -0.2) is 34.7 Å². The van der Waals surface area contributed by atoms with Gasteiger partial charge < -0.3 is 5.11 Å². The Morgan fingerprint density at radius 3 is 2.44 bits per heavy atom. The molecule has 4 aliphatic rings. The van der Waals surface area contributed by atoms with E-state index < -0.39 is 0 Å². The Bertz CT molecular complexity index is 272. The van der Waals surface area contributed by atoms with Crippen LogP contribution in [0.3, 0.4) is 0 Å². The van der Waals surface area contributed by atoms with Gasteiger partial charge in [0.25, 0.3) is 0 Å². The van der Waals surface area contributed by atoms with E-state index in [1.807, 2.05) is 0 Å². The van der Waals surface area contributed by atoms with Crippen molar-refractivity contribution in [3.05, 3.63) is 0 Å². The number of fused-ring (bicyclic) bond motifs is 3. The highest BCUT2D eigenvalue weighted by Crippen LogP contribution is 2.41. The van der Waals surface area contributed by atoms with E-state index in [4.69, 9.17) is 0 Å². The van der Waals surface area contributed by atoms with Crippen LogP contribution < -0.4 is 0 Å². The van der Waals surface area contributed by atoms with E-state index in [0.29, 0.717) is 6.04 Å². The van der Waals surface area contributed by atoms with Crippen molar-refractivity contribution in [2.45, 2.75) is 82.9 Å². The molecular formula is C16H29NO. The molecule has 3 atom stereocenters. The van der Waals surface area contributed by atoms with Gasteiger partial charge in [-0.2, -0.15) is 0 Å². The molecule has 0 spiro atoms. The smallest absolute Gasteiger partial charge is 0.0555 e. The summed E-state index contributed by atoms with van der Waals surface area (Å²) in [5.41, 5.74) is 0. The van der Waals surface area contributed by atoms with Gasteiger partial charge in [-0.15, -0.1) is 0 Å². The predicted octanol–water partition coefficient (Wildman–Crippen LogP) is 3.19. The lowest BCUT2D eigenvalue weighted by atomic mass is 9.74. The van der Waals surface area contributed by atoms with Crippen molar-refractivity contribution in [3.8, 4) is 0 Å². The number of aliphatic hydroxyl groups excluding tert-OH is 1. The highest BCUT2D eigenvalue weighted by molar-refractivity contribution is 4.95. The molecule has 0 radical (unpaired) electrons. The Labute approximate surface area is 112 Å². The summed E-state index contributed by atoms with van der Waals surface area (Å²) in [5, 5.41) is 10.0. The molecule has 0 aromatic rings. The van der Waals surface area contributed by atoms with Crippen LogP contribution in [0.15, 0.2) is 0 Å². The van der Waals surface area contributed by atoms with Crippen LogP contribution in [0.1, 0.15) is 64.7 Å². The van der Waals surface area contributed by atoms with Gasteiger partial charge in [0.1, 0.15) is 0 Å². The van der Waals surface area contributed by atoms with Crippen LogP contribution in [0.5, 0.6) is 0 Å². The lowest BCUT2D eigenvalue weighted by Crippen LogP contribution is -2.56. The standard InChI is InChI=1S/C16H29NO/c1-2-3-13-6-9-15(18)10-16(13)17-11-12-4-7-14(17)8-5-12/h12-16,18H,2-11H2,1H3. The average molecular weight is 251 g/mol. The molecule has 1 N–H and O–H groups in total. The Morgan fingerprint density at radius 2 is 1.83 bits per heavy atom. The molecule has 0 aromatic carbocycles. The monoisotopic (exact) mass is 251 g/mol. The van der Waals surface area contributed by atoms with Crippen molar-refractivity contribution in [1.82, 2.24) is 4.90 Å². The second kappa shape index (κ2) is 5.50. The molecule has 18 heavy (non-hydrogen) atoms. The quantitative estimate of drug-likeness (QED) is 0.832. The first-order chi connectivity index (χ1) is 8.78. The summed E-state index contributed by atoms with van der Waals surface area (Å²) in [6.45, 7) is 3.65. The fourth-order valence-corrected chi connectivity index (χ4v) is 4.81. The topological polar surface area (TPSA) is 23.5 Å². The fraction of sp³-hybridized carbons (Fsp3) is 1.00. The second-order valence-corrected chi connectivity index (χ2v) is 6.95. The zero-order valence-corrected chi connectivity index (χ0v) is 11.9. The molecule has 4 fully saturated rings. The Morgan fingerprint density at radius 1 is 1.06 bits per heavy atom. The van der Waals surface area contributed by atoms with E-state index in [-0.39, 0.29) is 6.10 Å². The summed E-state index contributed by atoms with van der Waals surface area (Å²) in [5.74, 6) is 1.83. The van der Waals surface area contributed by atoms with Crippen LogP contribution in [0.25, 0.3) is 0 Å². The van der Waals surface area contributed by atoms with Gasteiger partial charge in [-0.25, -0.2) is 0 Å². The molecule has 3 unspecified atom stereocenters. The van der Waals surface area contributed by atoms with Crippen molar-refractivity contribution < 1.29 is 5.11 Å². The van der Waals surface area contributed by atoms with Gasteiger partial charge >= 0.3 is 0 Å². The van der Waals surface area contributed by atoms with E-state index >= 15 is 0 Å². The first-order valence-corrected chi connectivity index (χ1v) is 8.21. The van der Waals surface area contributed by atoms with Gasteiger partial charge in [0.05, 0.1) is 6.10 Å². The highest BCUT2D eigenvalue weighted by atomic mass is 16.3. The van der Waals surface area contributed by atoms with Crippen LogP contribution in [0, 0.1) is 11.8 Å². The van der Waals surface area contributed by atoms with E-state index in [2.05, 4.69) is 11.8 Å². The van der Waals surface area contributed by atoms with Crippen molar-refractivity contribution in [2.75, 3.05) is 6.54 Å². The number of piperidine rings is 2. The van der Waals surface area contributed by atoms with Crippen molar-refractivity contribution in [3.63, 3.8) is 0 Å². The maximum absolute atomic E-state index is 10.0. The maximum atomic E-state index is 10.0. The number of hydrogen-bond acceptors (Lipinski definition) is 2. The third-order valence-electron chi connectivity index (χ3n) is 5.77. The molecule has 2 nitrogen and oxygen atoms in total. The molecule has 4 rings (SSSR count). The molecule has 2 bridgehead atoms. The lowest BCUT2D eigenvalue weighted by Gasteiger charge is -2.52. The van der Waals surface area contributed by atoms with Gasteiger partial charge in [-0.05, 0) is 63.2 Å². The van der Waals surface area contributed by atoms with Gasteiger partial charge in [0.2, 0.25) is 0 Å². The number of aliphatic hydroxyl groups is 1. The molecule has 0 aromatic heterocycles. The molecular weight excluding hydrogens is 222 g/mol. The molecule has 104 valence electrons. The highest BCUT2D eigenvalue weighted by Gasteiger charge is 2.41. The third kappa shape index (κ3) is 2.46. The minimum Gasteiger partial charge on any atom is -0.393 e. The van der Waals surface area contributed by atoms with E-state index in [9.17, 15) is 5.11 Å². The van der Waals surface area contributed by atoms with Gasteiger partial charge in [0, 0.05) is 18.6 Å². The first-order valence-electron chi connectivity index (χ1n) is 8.21. The van der Waals surface area contributed by atoms with Crippen molar-refractivity contribution in [2.24, 2.45) is 11.8 Å². The maximum Gasteiger partial charge on any atom is 0.0555 e. The number of hydrogen-bond donors (Lipinski definition) is 1. The van der Waals surface area contributed by atoms with Crippen molar-refractivity contribution in [1.29, 1.82) is 0 Å². The first kappa shape index (κ1) is 12.9. The summed E-state index contributed by atoms with van der Waals surface area (Å²) in [4.78, 5) is 2.82. The predicted molar refractivity (Wildman–Crippen MR) is 74.5 cm³/mol. The zero-order valence-electron chi connectivity index (χ0n) is 11.9. The normalized spacial score (nSPS) is 45.3. The van der Waals surface area contributed by atoms with Crippen LogP contribution >= 0.6 is 0 Å². The molecule has 2 heteroatoms. The van der Waals surface area contributed by atoms with Gasteiger partial charge in [0.15, 0.2) is 0 Å². The Kier molecular flexibility index (Phi) is 3.95. The van der Waals surface area contributed by atoms with E-state index in [1.54, 1.807) is 0 Å². The summed E-state index contributed by atoms with van der Waals surface area (Å²) < 4.78 is 0. The number of nitrogens with zero attached hydrogens (tertiary/aromatic N) is 1. The van der Waals surface area contributed by atoms with Gasteiger partial charge in [-0.1, -0.05) is 13.3 Å². The molecule has 2 saturated carbocycles. The van der Waals surface area contributed by atoms with Crippen molar-refractivity contribution >= 4 is 0 Å². The molecule has 2 saturated heterocycles. The van der Waals surface area contributed by atoms with E-state index in [1.165, 1.54) is 51.5 Å². The fourth-order valence-electron chi connectivity index (χ4n) is 4.81. The second-order valence-electron chi connectivity index (χ2n) is 6.95. The lowest BCUT2D eigenvalue weighted by molar-refractivity contribution is -0.0464. The largest absolute Gasteiger partial charge is 0.393 e. The Balaban J connectivity index is 1.70. The van der Waals surface area contributed by atoms with E-state index in [0.717, 1.165) is 30.7 Å². The van der Waals surface area contributed by atoms with Crippen LogP contribution in [-0.2, 0) is 0 Å². The SMILES string of the molecule is CCCC1CCC(O)CC1N1CC2CCC1CC2. The molecule has 2 heterocycles. The van der Waals surface area contributed by atoms with Gasteiger partial charge in [-0.3, -0.25) is 4.90 Å². The van der Waals surface area contributed by atoms with Crippen LogP contribution in [0.4, 0.5) is 0 Å². The minimum absolute atomic E-state index is 0.0245. The Hall–Kier alpha value is -0.0800. The third-order valence-corrected chi connectivity index (χ3v) is 5.77. The summed E-state index contributed by atoms with van der Waals surface area (Å²) in [6, 6.07) is 1.55. The molecule has 0 amide bonds. The van der Waals surface area contributed by atoms with Crippen LogP contribution in [0.2, 0.25) is 0 Å². The zero-order chi connectivity index (χ0) is 12.5. The summed E-state index contributed by atoms with van der Waals surface area (Å²) >= 11 is 0. The molecule has 2 aliphatic heterocycles. The molecule has 2 aliphatic carbocycles.